The Bertz CT molecular complexity index is 925. The van der Waals surface area contributed by atoms with Gasteiger partial charge in [0.1, 0.15) is 11.3 Å². The fraction of sp³-hybridized carbons (Fsp3) is 0.250. The van der Waals surface area contributed by atoms with E-state index < -0.39 is 17.8 Å². The highest BCUT2D eigenvalue weighted by Gasteiger charge is 2.37. The molecule has 3 rings (SSSR count). The largest absolute Gasteiger partial charge is 0.441 e. The molecule has 0 bridgehead atoms. The molecular formula is C20H21N3O4. The molecule has 0 atom stereocenters. The number of nitrogens with one attached hydrogen (secondary N) is 1. The third-order valence-electron chi connectivity index (χ3n) is 4.34. The number of aryl methyl sites for hydroxylation is 1. The van der Waals surface area contributed by atoms with Crippen molar-refractivity contribution in [2.24, 2.45) is 0 Å². The van der Waals surface area contributed by atoms with Crippen molar-refractivity contribution in [3.8, 4) is 0 Å². The van der Waals surface area contributed by atoms with Crippen molar-refractivity contribution in [3.05, 3.63) is 53.3 Å². The van der Waals surface area contributed by atoms with Gasteiger partial charge in [-0.15, -0.1) is 0 Å². The van der Waals surface area contributed by atoms with Crippen LogP contribution in [0.1, 0.15) is 25.2 Å². The molecule has 140 valence electrons. The number of benzene rings is 1. The van der Waals surface area contributed by atoms with Crippen molar-refractivity contribution in [1.82, 2.24) is 5.32 Å². The number of nitrogens with zero attached hydrogens (tertiary/aromatic N) is 2. The molecule has 4 amide bonds. The quantitative estimate of drug-likeness (QED) is 0.649. The normalized spacial score (nSPS) is 16.0. The third kappa shape index (κ3) is 3.62. The Balaban J connectivity index is 1.95. The van der Waals surface area contributed by atoms with E-state index in [0.29, 0.717) is 17.3 Å². The first kappa shape index (κ1) is 18.4. The molecule has 1 aromatic carbocycles. The zero-order valence-corrected chi connectivity index (χ0v) is 15.5. The number of anilines is 2. The Labute approximate surface area is 157 Å². The van der Waals surface area contributed by atoms with Gasteiger partial charge in [0.2, 0.25) is 0 Å². The van der Waals surface area contributed by atoms with E-state index in [1.54, 1.807) is 30.3 Å². The first-order valence-electron chi connectivity index (χ1n) is 8.77. The van der Waals surface area contributed by atoms with Gasteiger partial charge in [0, 0.05) is 19.2 Å². The van der Waals surface area contributed by atoms with Gasteiger partial charge < -0.3 is 9.32 Å². The summed E-state index contributed by atoms with van der Waals surface area (Å²) in [6, 6.07) is 9.65. The third-order valence-corrected chi connectivity index (χ3v) is 4.34. The van der Waals surface area contributed by atoms with E-state index >= 15 is 0 Å². The summed E-state index contributed by atoms with van der Waals surface area (Å²) < 4.78 is 5.73. The smallest absolute Gasteiger partial charge is 0.335 e. The maximum Gasteiger partial charge on any atom is 0.335 e. The van der Waals surface area contributed by atoms with Crippen LogP contribution in [0.15, 0.2) is 46.4 Å². The van der Waals surface area contributed by atoms with Crippen molar-refractivity contribution in [1.29, 1.82) is 0 Å². The Kier molecular flexibility index (Phi) is 5.12. The van der Waals surface area contributed by atoms with Gasteiger partial charge >= 0.3 is 6.03 Å². The molecule has 0 unspecified atom stereocenters. The molecule has 1 N–H and O–H groups in total. The van der Waals surface area contributed by atoms with Crippen LogP contribution in [0.5, 0.6) is 0 Å². The van der Waals surface area contributed by atoms with Crippen LogP contribution in [-0.4, -0.2) is 30.9 Å². The van der Waals surface area contributed by atoms with Crippen LogP contribution in [-0.2, 0) is 9.59 Å². The summed E-state index contributed by atoms with van der Waals surface area (Å²) in [4.78, 5) is 40.2. The van der Waals surface area contributed by atoms with Gasteiger partial charge in [-0.2, -0.15) is 0 Å². The summed E-state index contributed by atoms with van der Waals surface area (Å²) in [5.74, 6) is -0.402. The Morgan fingerprint density at radius 1 is 1.11 bits per heavy atom. The Hall–Kier alpha value is -3.35. The molecule has 1 aromatic heterocycles. The molecule has 1 aliphatic heterocycles. The minimum Gasteiger partial charge on any atom is -0.441 e. The van der Waals surface area contributed by atoms with Crippen molar-refractivity contribution in [2.45, 2.75) is 20.8 Å². The standard InChI is InChI=1S/C20H21N3O4/c1-4-22(5-2)17-10-9-15(27-17)12-16-18(24)21-20(26)23(19(16)25)14-8-6-7-13(3)11-14/h6-12H,4-5H2,1-3H3,(H,21,24,26)/b16-12+. The molecule has 1 saturated heterocycles. The molecule has 1 fully saturated rings. The lowest BCUT2D eigenvalue weighted by Crippen LogP contribution is -2.54. The lowest BCUT2D eigenvalue weighted by molar-refractivity contribution is -0.122. The molecule has 0 radical (unpaired) electrons. The molecule has 7 nitrogen and oxygen atoms in total. The van der Waals surface area contributed by atoms with Gasteiger partial charge in [-0.3, -0.25) is 14.9 Å². The molecule has 2 heterocycles. The molecular weight excluding hydrogens is 346 g/mol. The topological polar surface area (TPSA) is 82.9 Å². The van der Waals surface area contributed by atoms with Crippen LogP contribution < -0.4 is 15.1 Å². The first-order chi connectivity index (χ1) is 12.9. The summed E-state index contributed by atoms with van der Waals surface area (Å²) in [7, 11) is 0. The minimum atomic E-state index is -0.768. The molecule has 27 heavy (non-hydrogen) atoms. The van der Waals surface area contributed by atoms with E-state index in [0.717, 1.165) is 23.6 Å². The predicted molar refractivity (Wildman–Crippen MR) is 102 cm³/mol. The van der Waals surface area contributed by atoms with Crippen LogP contribution in [0.4, 0.5) is 16.4 Å². The van der Waals surface area contributed by atoms with Gasteiger partial charge in [0.25, 0.3) is 11.8 Å². The van der Waals surface area contributed by atoms with Crippen molar-refractivity contribution < 1.29 is 18.8 Å². The Morgan fingerprint density at radius 2 is 1.85 bits per heavy atom. The lowest BCUT2D eigenvalue weighted by atomic mass is 10.1. The predicted octanol–water partition coefficient (Wildman–Crippen LogP) is 3.10. The number of imide groups is 2. The second-order valence-electron chi connectivity index (χ2n) is 6.15. The number of hydrogen-bond acceptors (Lipinski definition) is 5. The summed E-state index contributed by atoms with van der Waals surface area (Å²) in [6.07, 6.45) is 1.36. The fourth-order valence-corrected chi connectivity index (χ4v) is 2.93. The summed E-state index contributed by atoms with van der Waals surface area (Å²) in [6.45, 7) is 7.42. The van der Waals surface area contributed by atoms with Crippen molar-refractivity contribution in [3.63, 3.8) is 0 Å². The second-order valence-corrected chi connectivity index (χ2v) is 6.15. The van der Waals surface area contributed by atoms with Crippen LogP contribution in [0.3, 0.4) is 0 Å². The number of furan rings is 1. The van der Waals surface area contributed by atoms with Crippen LogP contribution in [0.2, 0.25) is 0 Å². The lowest BCUT2D eigenvalue weighted by Gasteiger charge is -2.26. The number of rotatable bonds is 5. The molecule has 0 saturated carbocycles. The second kappa shape index (κ2) is 7.49. The highest BCUT2D eigenvalue weighted by Crippen LogP contribution is 2.25. The average molecular weight is 367 g/mol. The molecule has 0 spiro atoms. The number of barbiturate groups is 1. The van der Waals surface area contributed by atoms with Crippen molar-refractivity contribution >= 4 is 35.5 Å². The minimum absolute atomic E-state index is 0.156. The van der Waals surface area contributed by atoms with Gasteiger partial charge in [-0.25, -0.2) is 9.69 Å². The maximum atomic E-state index is 12.8. The molecule has 2 aromatic rings. The zero-order chi connectivity index (χ0) is 19.6. The average Bonchev–Trinajstić information content (AvgIpc) is 3.08. The van der Waals surface area contributed by atoms with Crippen molar-refractivity contribution in [2.75, 3.05) is 22.9 Å². The monoisotopic (exact) mass is 367 g/mol. The molecule has 0 aliphatic carbocycles. The number of carbonyl (C=O) groups excluding carboxylic acids is 3. The highest BCUT2D eigenvalue weighted by molar-refractivity contribution is 6.39. The number of amides is 4. The van der Waals surface area contributed by atoms with E-state index in [4.69, 9.17) is 4.42 Å². The summed E-state index contributed by atoms with van der Waals surface area (Å²) in [5.41, 5.74) is 1.14. The van der Waals surface area contributed by atoms with E-state index in [-0.39, 0.29) is 5.57 Å². The first-order valence-corrected chi connectivity index (χ1v) is 8.77. The van der Waals surface area contributed by atoms with Gasteiger partial charge in [0.05, 0.1) is 5.69 Å². The molecule has 7 heteroatoms. The molecule has 1 aliphatic rings. The van der Waals surface area contributed by atoms with Gasteiger partial charge in [0.15, 0.2) is 5.88 Å². The number of hydrogen-bond donors (Lipinski definition) is 1. The number of carbonyl (C=O) groups is 3. The summed E-state index contributed by atoms with van der Waals surface area (Å²) >= 11 is 0. The highest BCUT2D eigenvalue weighted by atomic mass is 16.4. The van der Waals surface area contributed by atoms with Crippen LogP contribution in [0.25, 0.3) is 6.08 Å². The van der Waals surface area contributed by atoms with E-state index in [9.17, 15) is 14.4 Å². The van der Waals surface area contributed by atoms with Crippen LogP contribution in [0, 0.1) is 6.92 Å². The summed E-state index contributed by atoms with van der Waals surface area (Å²) in [5, 5.41) is 2.21. The van der Waals surface area contributed by atoms with Gasteiger partial charge in [-0.05, 0) is 50.6 Å². The van der Waals surface area contributed by atoms with E-state index in [2.05, 4.69) is 5.32 Å². The fourth-order valence-electron chi connectivity index (χ4n) is 2.93. The number of urea groups is 1. The van der Waals surface area contributed by atoms with Gasteiger partial charge in [-0.1, -0.05) is 12.1 Å². The Morgan fingerprint density at radius 3 is 2.52 bits per heavy atom. The maximum absolute atomic E-state index is 12.8. The van der Waals surface area contributed by atoms with E-state index in [1.165, 1.54) is 6.08 Å². The zero-order valence-electron chi connectivity index (χ0n) is 15.5. The van der Waals surface area contributed by atoms with E-state index in [1.807, 2.05) is 31.7 Å². The SMILES string of the molecule is CCN(CC)c1ccc(/C=C2\C(=O)NC(=O)N(c3cccc(C)c3)C2=O)o1. The van der Waals surface area contributed by atoms with Crippen LogP contribution >= 0.6 is 0 Å².